The average molecular weight is 542 g/mol. The van der Waals surface area contributed by atoms with Crippen LogP contribution in [-0.4, -0.2) is 34.8 Å². The molecular formula is C32H32FN3O2S. The molecule has 5 nitrogen and oxygen atoms in total. The van der Waals surface area contributed by atoms with E-state index in [4.69, 9.17) is 0 Å². The predicted molar refractivity (Wildman–Crippen MR) is 155 cm³/mol. The van der Waals surface area contributed by atoms with Crippen molar-refractivity contribution in [2.24, 2.45) is 0 Å². The Morgan fingerprint density at radius 3 is 2.33 bits per heavy atom. The highest BCUT2D eigenvalue weighted by Crippen LogP contribution is 2.32. The van der Waals surface area contributed by atoms with E-state index < -0.39 is 0 Å². The van der Waals surface area contributed by atoms with Crippen molar-refractivity contribution in [2.45, 2.75) is 45.4 Å². The standard InChI is InChI=1S/C32H32FN3O2S/c1-21-3-7-23(8-4-21)9-14-30(37)36-17-15-25(16-18-36)32-35-29(20-39-32)31(38)34-28-13-12-26(33)19-27(28)24-10-5-22(2)6-11-24/h3-8,10-13,19-20,25H,9,14-18H2,1-2H3,(H,34,38). The maximum atomic E-state index is 14.0. The fourth-order valence-electron chi connectivity index (χ4n) is 4.90. The molecular weight excluding hydrogens is 509 g/mol. The van der Waals surface area contributed by atoms with Crippen LogP contribution in [0.1, 0.15) is 57.4 Å². The molecule has 4 aromatic rings. The van der Waals surface area contributed by atoms with Crippen molar-refractivity contribution in [3.05, 3.63) is 105 Å². The summed E-state index contributed by atoms with van der Waals surface area (Å²) >= 11 is 1.48. The lowest BCUT2D eigenvalue weighted by atomic mass is 9.97. The molecule has 0 atom stereocenters. The number of amides is 2. The molecule has 1 aliphatic heterocycles. The second-order valence-corrected chi connectivity index (χ2v) is 11.1. The Bertz CT molecular complexity index is 1460. The summed E-state index contributed by atoms with van der Waals surface area (Å²) < 4.78 is 14.0. The minimum absolute atomic E-state index is 0.192. The van der Waals surface area contributed by atoms with Gasteiger partial charge in [0.15, 0.2) is 0 Å². The van der Waals surface area contributed by atoms with Gasteiger partial charge < -0.3 is 10.2 Å². The molecule has 200 valence electrons. The molecule has 0 saturated carbocycles. The first kappa shape index (κ1) is 26.8. The van der Waals surface area contributed by atoms with Crippen molar-refractivity contribution >= 4 is 28.8 Å². The lowest BCUT2D eigenvalue weighted by Gasteiger charge is -2.31. The highest BCUT2D eigenvalue weighted by molar-refractivity contribution is 7.10. The average Bonchev–Trinajstić information content (AvgIpc) is 3.45. The summed E-state index contributed by atoms with van der Waals surface area (Å²) in [6.07, 6.45) is 2.94. The van der Waals surface area contributed by atoms with Gasteiger partial charge in [-0.15, -0.1) is 11.3 Å². The fraction of sp³-hybridized carbons (Fsp3) is 0.281. The van der Waals surface area contributed by atoms with E-state index >= 15 is 0 Å². The molecule has 1 N–H and O–H groups in total. The van der Waals surface area contributed by atoms with E-state index in [1.54, 1.807) is 11.4 Å². The van der Waals surface area contributed by atoms with E-state index in [0.717, 1.165) is 35.4 Å². The quantitative estimate of drug-likeness (QED) is 0.270. The molecule has 1 fully saturated rings. The van der Waals surface area contributed by atoms with E-state index in [1.165, 1.54) is 34.6 Å². The Balaban J connectivity index is 1.17. The van der Waals surface area contributed by atoms with Crippen molar-refractivity contribution in [2.75, 3.05) is 18.4 Å². The van der Waals surface area contributed by atoms with Crippen molar-refractivity contribution in [1.29, 1.82) is 0 Å². The number of anilines is 1. The molecule has 1 saturated heterocycles. The topological polar surface area (TPSA) is 62.3 Å². The summed E-state index contributed by atoms with van der Waals surface area (Å²) in [5.41, 5.74) is 5.85. The molecule has 39 heavy (non-hydrogen) atoms. The van der Waals surface area contributed by atoms with E-state index in [1.807, 2.05) is 36.1 Å². The second kappa shape index (κ2) is 11.9. The Morgan fingerprint density at radius 2 is 1.64 bits per heavy atom. The third kappa shape index (κ3) is 6.60. The number of piperidine rings is 1. The minimum atomic E-state index is -0.362. The maximum Gasteiger partial charge on any atom is 0.275 e. The number of carbonyl (C=O) groups is 2. The van der Waals surface area contributed by atoms with Gasteiger partial charge in [0.25, 0.3) is 5.91 Å². The number of rotatable bonds is 7. The maximum absolute atomic E-state index is 14.0. The molecule has 7 heteroatoms. The zero-order chi connectivity index (χ0) is 27.4. The highest BCUT2D eigenvalue weighted by Gasteiger charge is 2.26. The summed E-state index contributed by atoms with van der Waals surface area (Å²) in [5.74, 6) is -0.260. The lowest BCUT2D eigenvalue weighted by Crippen LogP contribution is -2.38. The molecule has 5 rings (SSSR count). The SMILES string of the molecule is Cc1ccc(CCC(=O)N2CCC(c3nc(C(=O)Nc4ccc(F)cc4-c4ccc(C)cc4)cs3)CC2)cc1. The Kier molecular flexibility index (Phi) is 8.17. The number of hydrogen-bond donors (Lipinski definition) is 1. The summed E-state index contributed by atoms with van der Waals surface area (Å²) in [7, 11) is 0. The van der Waals surface area contributed by atoms with Gasteiger partial charge in [0, 0.05) is 42.1 Å². The largest absolute Gasteiger partial charge is 0.343 e. The zero-order valence-electron chi connectivity index (χ0n) is 22.2. The van der Waals surface area contributed by atoms with E-state index in [0.29, 0.717) is 36.5 Å². The number of nitrogens with zero attached hydrogens (tertiary/aromatic N) is 2. The van der Waals surface area contributed by atoms with Gasteiger partial charge in [-0.3, -0.25) is 9.59 Å². The van der Waals surface area contributed by atoms with Gasteiger partial charge in [-0.25, -0.2) is 9.37 Å². The van der Waals surface area contributed by atoms with E-state index in [2.05, 4.69) is 41.5 Å². The molecule has 1 aromatic heterocycles. The van der Waals surface area contributed by atoms with Crippen LogP contribution in [0.3, 0.4) is 0 Å². The summed E-state index contributed by atoms with van der Waals surface area (Å²) in [5, 5.41) is 5.62. The molecule has 0 bridgehead atoms. The van der Waals surface area contributed by atoms with Gasteiger partial charge in [-0.1, -0.05) is 59.7 Å². The number of likely N-dealkylation sites (tertiary alicyclic amines) is 1. The molecule has 1 aliphatic rings. The van der Waals surface area contributed by atoms with Crippen LogP contribution in [-0.2, 0) is 11.2 Å². The minimum Gasteiger partial charge on any atom is -0.343 e. The number of thiazole rings is 1. The monoisotopic (exact) mass is 541 g/mol. The van der Waals surface area contributed by atoms with Gasteiger partial charge in [-0.2, -0.15) is 0 Å². The van der Waals surface area contributed by atoms with Gasteiger partial charge in [0.1, 0.15) is 11.5 Å². The van der Waals surface area contributed by atoms with Crippen LogP contribution < -0.4 is 5.32 Å². The zero-order valence-corrected chi connectivity index (χ0v) is 23.1. The van der Waals surface area contributed by atoms with Crippen molar-refractivity contribution in [3.63, 3.8) is 0 Å². The van der Waals surface area contributed by atoms with Crippen LogP contribution in [0.4, 0.5) is 10.1 Å². The number of hydrogen-bond acceptors (Lipinski definition) is 4. The molecule has 2 amide bonds. The predicted octanol–water partition coefficient (Wildman–Crippen LogP) is 7.16. The first-order valence-corrected chi connectivity index (χ1v) is 14.2. The Labute approximate surface area is 232 Å². The summed E-state index contributed by atoms with van der Waals surface area (Å²) in [4.78, 5) is 32.4. The second-order valence-electron chi connectivity index (χ2n) is 10.2. The first-order valence-electron chi connectivity index (χ1n) is 13.3. The third-order valence-corrected chi connectivity index (χ3v) is 8.30. The highest BCUT2D eigenvalue weighted by atomic mass is 32.1. The van der Waals surface area contributed by atoms with Gasteiger partial charge in [0.2, 0.25) is 5.91 Å². The normalized spacial score (nSPS) is 13.9. The smallest absolute Gasteiger partial charge is 0.275 e. The first-order chi connectivity index (χ1) is 18.9. The van der Waals surface area contributed by atoms with E-state index in [9.17, 15) is 14.0 Å². The lowest BCUT2D eigenvalue weighted by molar-refractivity contribution is -0.132. The molecule has 0 radical (unpaired) electrons. The molecule has 3 aromatic carbocycles. The van der Waals surface area contributed by atoms with Crippen molar-refractivity contribution in [1.82, 2.24) is 9.88 Å². The Morgan fingerprint density at radius 1 is 0.974 bits per heavy atom. The number of halogens is 1. The molecule has 2 heterocycles. The van der Waals surface area contributed by atoms with Crippen molar-refractivity contribution < 1.29 is 14.0 Å². The van der Waals surface area contributed by atoms with Crippen LogP contribution in [0.2, 0.25) is 0 Å². The Hall–Kier alpha value is -3.84. The number of nitrogens with one attached hydrogen (secondary N) is 1. The molecule has 0 spiro atoms. The summed E-state index contributed by atoms with van der Waals surface area (Å²) in [6.45, 7) is 5.46. The summed E-state index contributed by atoms with van der Waals surface area (Å²) in [6, 6.07) is 20.4. The molecule has 0 aliphatic carbocycles. The van der Waals surface area contributed by atoms with E-state index in [-0.39, 0.29) is 23.5 Å². The number of aryl methyl sites for hydroxylation is 3. The number of benzene rings is 3. The van der Waals surface area contributed by atoms with Gasteiger partial charge in [0.05, 0.1) is 5.01 Å². The number of aromatic nitrogens is 1. The van der Waals surface area contributed by atoms with Gasteiger partial charge >= 0.3 is 0 Å². The number of carbonyl (C=O) groups excluding carboxylic acids is 2. The van der Waals surface area contributed by atoms with Crippen LogP contribution in [0.5, 0.6) is 0 Å². The molecule has 0 unspecified atom stereocenters. The van der Waals surface area contributed by atoms with Crippen LogP contribution in [0.25, 0.3) is 11.1 Å². The fourth-order valence-corrected chi connectivity index (χ4v) is 5.87. The van der Waals surface area contributed by atoms with Gasteiger partial charge in [-0.05, 0) is 62.4 Å². The van der Waals surface area contributed by atoms with Crippen LogP contribution in [0, 0.1) is 19.7 Å². The van der Waals surface area contributed by atoms with Crippen LogP contribution >= 0.6 is 11.3 Å². The van der Waals surface area contributed by atoms with Crippen molar-refractivity contribution in [3.8, 4) is 11.1 Å². The third-order valence-electron chi connectivity index (χ3n) is 7.29. The van der Waals surface area contributed by atoms with Crippen LogP contribution in [0.15, 0.2) is 72.1 Å².